The Kier molecular flexibility index (Phi) is 4.91. The van der Waals surface area contributed by atoms with E-state index in [2.05, 4.69) is 0 Å². The molecule has 17 heavy (non-hydrogen) atoms. The van der Waals surface area contributed by atoms with E-state index in [0.29, 0.717) is 13.2 Å². The first-order valence-corrected chi connectivity index (χ1v) is 6.00. The molecule has 0 spiro atoms. The van der Waals surface area contributed by atoms with Gasteiger partial charge in [0.05, 0.1) is 6.61 Å². The third-order valence-electron chi connectivity index (χ3n) is 2.57. The van der Waals surface area contributed by atoms with Gasteiger partial charge in [-0.15, -0.1) is 0 Å². The standard InChI is InChI=1S/C12H23NO4/c1-11(2,3)17-10(14)7-16-12(8-13)5-4-6-15-9-12/h4-9,13H2,1-3H3. The van der Waals surface area contributed by atoms with Crippen LogP contribution in [0.4, 0.5) is 0 Å². The van der Waals surface area contributed by atoms with Gasteiger partial charge in [-0.1, -0.05) is 0 Å². The second kappa shape index (κ2) is 5.80. The van der Waals surface area contributed by atoms with Crippen LogP contribution in [0.2, 0.25) is 0 Å². The first kappa shape index (κ1) is 14.4. The molecule has 0 radical (unpaired) electrons. The minimum atomic E-state index is -0.519. The molecule has 1 saturated heterocycles. The lowest BCUT2D eigenvalue weighted by atomic mass is 9.97. The topological polar surface area (TPSA) is 70.8 Å². The molecule has 0 aromatic carbocycles. The highest BCUT2D eigenvalue weighted by molar-refractivity contribution is 5.71. The van der Waals surface area contributed by atoms with Gasteiger partial charge < -0.3 is 19.9 Å². The predicted molar refractivity (Wildman–Crippen MR) is 63.6 cm³/mol. The third kappa shape index (κ3) is 5.02. The van der Waals surface area contributed by atoms with Gasteiger partial charge in [0.15, 0.2) is 0 Å². The lowest BCUT2D eigenvalue weighted by Crippen LogP contribution is -2.49. The second-order valence-corrected chi connectivity index (χ2v) is 5.42. The fraction of sp³-hybridized carbons (Fsp3) is 0.917. The molecule has 1 unspecified atom stereocenters. The smallest absolute Gasteiger partial charge is 0.332 e. The molecule has 0 amide bonds. The summed E-state index contributed by atoms with van der Waals surface area (Å²) in [6.45, 7) is 6.95. The van der Waals surface area contributed by atoms with E-state index in [4.69, 9.17) is 19.9 Å². The van der Waals surface area contributed by atoms with Crippen LogP contribution in [0.25, 0.3) is 0 Å². The van der Waals surface area contributed by atoms with Crippen LogP contribution in [-0.2, 0) is 19.0 Å². The van der Waals surface area contributed by atoms with E-state index >= 15 is 0 Å². The summed E-state index contributed by atoms with van der Waals surface area (Å²) in [6, 6.07) is 0. The molecule has 1 atom stereocenters. The summed E-state index contributed by atoms with van der Waals surface area (Å²) in [5, 5.41) is 0. The third-order valence-corrected chi connectivity index (χ3v) is 2.57. The molecular formula is C12H23NO4. The molecule has 0 aromatic rings. The van der Waals surface area contributed by atoms with Crippen molar-refractivity contribution in [2.75, 3.05) is 26.4 Å². The molecule has 100 valence electrons. The van der Waals surface area contributed by atoms with E-state index in [1.165, 1.54) is 0 Å². The highest BCUT2D eigenvalue weighted by Crippen LogP contribution is 2.22. The Morgan fingerprint density at radius 3 is 2.65 bits per heavy atom. The van der Waals surface area contributed by atoms with Gasteiger partial charge in [-0.25, -0.2) is 4.79 Å². The van der Waals surface area contributed by atoms with Gasteiger partial charge in [-0.05, 0) is 33.6 Å². The first-order valence-electron chi connectivity index (χ1n) is 6.00. The summed E-state index contributed by atoms with van der Waals surface area (Å²) in [5.41, 5.74) is 4.69. The number of hydrogen-bond acceptors (Lipinski definition) is 5. The Morgan fingerprint density at radius 2 is 2.18 bits per heavy atom. The van der Waals surface area contributed by atoms with Crippen LogP contribution < -0.4 is 5.73 Å². The zero-order chi connectivity index (χ0) is 12.9. The fourth-order valence-electron chi connectivity index (χ4n) is 1.74. The maximum atomic E-state index is 11.5. The molecule has 5 nitrogen and oxygen atoms in total. The van der Waals surface area contributed by atoms with E-state index in [-0.39, 0.29) is 12.6 Å². The quantitative estimate of drug-likeness (QED) is 0.744. The molecule has 0 bridgehead atoms. The Hall–Kier alpha value is -0.650. The normalized spacial score (nSPS) is 25.6. The SMILES string of the molecule is CC(C)(C)OC(=O)COC1(CN)CCCOC1. The number of esters is 1. The fourth-order valence-corrected chi connectivity index (χ4v) is 1.74. The average molecular weight is 245 g/mol. The van der Waals surface area contributed by atoms with Crippen molar-refractivity contribution < 1.29 is 19.0 Å². The highest BCUT2D eigenvalue weighted by Gasteiger charge is 2.33. The van der Waals surface area contributed by atoms with Crippen LogP contribution in [0.5, 0.6) is 0 Å². The number of hydrogen-bond donors (Lipinski definition) is 1. The van der Waals surface area contributed by atoms with Crippen LogP contribution in [0.15, 0.2) is 0 Å². The summed E-state index contributed by atoms with van der Waals surface area (Å²) in [6.07, 6.45) is 1.73. The van der Waals surface area contributed by atoms with E-state index in [1.54, 1.807) is 0 Å². The Morgan fingerprint density at radius 1 is 1.47 bits per heavy atom. The number of carbonyl (C=O) groups is 1. The summed E-state index contributed by atoms with van der Waals surface area (Å²) >= 11 is 0. The minimum Gasteiger partial charge on any atom is -0.458 e. The van der Waals surface area contributed by atoms with Gasteiger partial charge in [-0.3, -0.25) is 0 Å². The van der Waals surface area contributed by atoms with E-state index in [0.717, 1.165) is 19.4 Å². The Labute approximate surface area is 103 Å². The summed E-state index contributed by atoms with van der Waals surface area (Å²) in [4.78, 5) is 11.5. The minimum absolute atomic E-state index is 0.0716. The zero-order valence-electron chi connectivity index (χ0n) is 11.0. The second-order valence-electron chi connectivity index (χ2n) is 5.42. The van der Waals surface area contributed by atoms with Gasteiger partial charge >= 0.3 is 5.97 Å². The summed E-state index contributed by atoms with van der Waals surface area (Å²) < 4.78 is 16.1. The monoisotopic (exact) mass is 245 g/mol. The molecule has 5 heteroatoms. The average Bonchev–Trinajstić information content (AvgIpc) is 2.25. The number of rotatable bonds is 4. The van der Waals surface area contributed by atoms with Crippen LogP contribution in [-0.4, -0.2) is 43.5 Å². The Balaban J connectivity index is 2.39. The van der Waals surface area contributed by atoms with Gasteiger partial charge in [0.1, 0.15) is 17.8 Å². The molecule has 0 aliphatic carbocycles. The maximum absolute atomic E-state index is 11.5. The van der Waals surface area contributed by atoms with Gasteiger partial charge in [-0.2, -0.15) is 0 Å². The van der Waals surface area contributed by atoms with E-state index in [9.17, 15) is 4.79 Å². The van der Waals surface area contributed by atoms with Crippen LogP contribution in [0, 0.1) is 0 Å². The molecule has 0 aromatic heterocycles. The molecule has 2 N–H and O–H groups in total. The number of nitrogens with two attached hydrogens (primary N) is 1. The van der Waals surface area contributed by atoms with Crippen molar-refractivity contribution in [1.82, 2.24) is 0 Å². The number of ether oxygens (including phenoxy) is 3. The maximum Gasteiger partial charge on any atom is 0.332 e. The Bertz CT molecular complexity index is 254. The lowest BCUT2D eigenvalue weighted by Gasteiger charge is -2.35. The summed E-state index contributed by atoms with van der Waals surface area (Å²) in [7, 11) is 0. The highest BCUT2D eigenvalue weighted by atomic mass is 16.6. The van der Waals surface area contributed by atoms with Crippen LogP contribution in [0.1, 0.15) is 33.6 Å². The zero-order valence-corrected chi connectivity index (χ0v) is 11.0. The van der Waals surface area contributed by atoms with Crippen LogP contribution in [0.3, 0.4) is 0 Å². The van der Waals surface area contributed by atoms with Gasteiger partial charge in [0.2, 0.25) is 0 Å². The van der Waals surface area contributed by atoms with Crippen molar-refractivity contribution in [2.45, 2.75) is 44.8 Å². The summed E-state index contributed by atoms with van der Waals surface area (Å²) in [5.74, 6) is -0.365. The molecule has 1 aliphatic rings. The van der Waals surface area contributed by atoms with Crippen LogP contribution >= 0.6 is 0 Å². The first-order chi connectivity index (χ1) is 7.87. The van der Waals surface area contributed by atoms with Crippen molar-refractivity contribution >= 4 is 5.97 Å². The molecule has 1 rings (SSSR count). The van der Waals surface area contributed by atoms with Crippen molar-refractivity contribution in [3.8, 4) is 0 Å². The van der Waals surface area contributed by atoms with Gasteiger partial charge in [0, 0.05) is 13.2 Å². The van der Waals surface area contributed by atoms with Gasteiger partial charge in [0.25, 0.3) is 0 Å². The van der Waals surface area contributed by atoms with Crippen molar-refractivity contribution in [2.24, 2.45) is 5.73 Å². The number of carbonyl (C=O) groups excluding carboxylic acids is 1. The molecule has 1 aliphatic heterocycles. The van der Waals surface area contributed by atoms with Crippen molar-refractivity contribution in [1.29, 1.82) is 0 Å². The largest absolute Gasteiger partial charge is 0.458 e. The van der Waals surface area contributed by atoms with Crippen molar-refractivity contribution in [3.63, 3.8) is 0 Å². The molecule has 0 saturated carbocycles. The molecule has 1 fully saturated rings. The van der Waals surface area contributed by atoms with Crippen molar-refractivity contribution in [3.05, 3.63) is 0 Å². The lowest BCUT2D eigenvalue weighted by molar-refractivity contribution is -0.175. The van der Waals surface area contributed by atoms with E-state index < -0.39 is 11.2 Å². The molecular weight excluding hydrogens is 222 g/mol. The van der Waals surface area contributed by atoms with E-state index in [1.807, 2.05) is 20.8 Å². The molecule has 1 heterocycles. The predicted octanol–water partition coefficient (Wildman–Crippen LogP) is 0.853.